The standard InChI is InChI=1S/C27H39N5O4Si2.C24H31N5O4Si.CH2O3.2K.H/c1-37(2,3)13-10-20-15-22(7-8-25(20)36-19-35-12-14-38(4,5)6)30-27-23(26(29)33)17-32(31-27)24-18-34-11-9-21(24)16-28;1-5-17-12-19(6-7-22(17)33-16-32-10-11-34(2,3)4)27-24-20(23(26)30)14-29(28-24)21-15-31-9-8-18(21)13-25;2-1-4-3;;;/h7-8,15,17,21,24H,9,11-12,14,18-19H2,1-6H3,(H2,29,33)(H,30,31);1,6-7,12,14,18,21H,8-11,15-16H2,2-4H3,(H2,26,30)(H,27,28);1,3H;;;/q;;;2*+1;-1/p-1/t21-,24?;18-,21?;;;;/m11..../s1. The zero-order valence-corrected chi connectivity index (χ0v) is 56.1. The SMILES string of the molecule is C#Cc1cc(Nc2nn(C3COCC[C@@H]3C#N)cc2C(N)=O)ccc1OCOCC[Si](C)(C)C.C[Si](C)(C)C#Cc1cc(Nc2nn(C3COCC[C@@H]3C#N)cc2C(N)=O)ccc1OCOCC[Si](C)(C)C.O=CO[O-].[H-].[K+].[K+]. The minimum atomic E-state index is -1.65. The first-order valence-corrected chi connectivity index (χ1v) is 35.6. The van der Waals surface area contributed by atoms with E-state index in [9.17, 15) is 20.1 Å². The van der Waals surface area contributed by atoms with E-state index in [1.165, 1.54) is 0 Å². The Labute approximate surface area is 547 Å². The number of anilines is 4. The van der Waals surface area contributed by atoms with Crippen molar-refractivity contribution in [3.63, 3.8) is 0 Å². The fourth-order valence-electron chi connectivity index (χ4n) is 7.23. The van der Waals surface area contributed by atoms with Gasteiger partial charge in [-0.2, -0.15) is 20.7 Å². The number of amides is 2. The molecule has 6 rings (SSSR count). The number of hydrogen-bond donors (Lipinski definition) is 4. The van der Waals surface area contributed by atoms with Crippen LogP contribution in [0.15, 0.2) is 48.8 Å². The molecule has 6 N–H and O–H groups in total. The van der Waals surface area contributed by atoms with E-state index >= 15 is 0 Å². The van der Waals surface area contributed by atoms with Gasteiger partial charge < -0.3 is 62.1 Å². The van der Waals surface area contributed by atoms with Gasteiger partial charge in [0.25, 0.3) is 18.3 Å². The maximum atomic E-state index is 12.2. The molecule has 4 aromatic rings. The Balaban J connectivity index is 0.000000717. The van der Waals surface area contributed by atoms with E-state index in [4.69, 9.17) is 56.4 Å². The van der Waals surface area contributed by atoms with Gasteiger partial charge in [-0.1, -0.05) is 70.8 Å². The van der Waals surface area contributed by atoms with E-state index in [0.29, 0.717) is 86.7 Å². The van der Waals surface area contributed by atoms with E-state index in [0.717, 1.165) is 17.7 Å². The zero-order chi connectivity index (χ0) is 56.1. The number of nitrogens with one attached hydrogen (secondary N) is 2. The Hall–Kier alpha value is -3.71. The Morgan fingerprint density at radius 2 is 1.18 bits per heavy atom. The predicted molar refractivity (Wildman–Crippen MR) is 294 cm³/mol. The quantitative estimate of drug-likeness (QED) is 0.0171. The van der Waals surface area contributed by atoms with Crippen molar-refractivity contribution in [1.82, 2.24) is 19.6 Å². The average Bonchev–Trinajstić information content (AvgIpc) is 4.00. The summed E-state index contributed by atoms with van der Waals surface area (Å²) >= 11 is 0. The predicted octanol–water partition coefficient (Wildman–Crippen LogP) is 0.801. The van der Waals surface area contributed by atoms with Gasteiger partial charge in [0.05, 0.1) is 60.4 Å². The van der Waals surface area contributed by atoms with Crippen molar-refractivity contribution in [2.75, 3.05) is 63.9 Å². The Kier molecular flexibility index (Phi) is 31.2. The first-order chi connectivity index (χ1) is 36.0. The molecule has 0 radical (unpaired) electrons. The van der Waals surface area contributed by atoms with Crippen molar-refractivity contribution in [2.24, 2.45) is 23.3 Å². The third-order valence-corrected chi connectivity index (χ3v) is 15.8. The third kappa shape index (κ3) is 24.2. The van der Waals surface area contributed by atoms with E-state index in [1.54, 1.807) is 40.0 Å². The van der Waals surface area contributed by atoms with Crippen LogP contribution in [0.25, 0.3) is 0 Å². The van der Waals surface area contributed by atoms with Crippen LogP contribution in [0.3, 0.4) is 0 Å². The van der Waals surface area contributed by atoms with Gasteiger partial charge in [-0.15, -0.1) is 12.0 Å². The van der Waals surface area contributed by atoms with Gasteiger partial charge in [0.1, 0.15) is 30.7 Å². The van der Waals surface area contributed by atoms with Crippen molar-refractivity contribution >= 4 is 65.5 Å². The molecule has 0 aliphatic carbocycles. The maximum Gasteiger partial charge on any atom is 1.00 e. The van der Waals surface area contributed by atoms with Gasteiger partial charge in [-0.05, 0) is 61.3 Å². The maximum absolute atomic E-state index is 12.2. The number of nitrogens with zero attached hydrogens (tertiary/aromatic N) is 6. The van der Waals surface area contributed by atoms with Crippen LogP contribution in [0, 0.1) is 58.3 Å². The minimum Gasteiger partial charge on any atom is -1.00 e. The van der Waals surface area contributed by atoms with Gasteiger partial charge in [-0.3, -0.25) is 23.7 Å². The number of nitrogens with two attached hydrogens (primary N) is 2. The molecular weight excluding hydrogens is 1100 g/mol. The molecule has 0 spiro atoms. The number of aromatic nitrogens is 4. The normalized spacial score (nSPS) is 16.8. The van der Waals surface area contributed by atoms with Crippen LogP contribution in [-0.4, -0.2) is 115 Å². The van der Waals surface area contributed by atoms with Crippen LogP contribution in [-0.2, 0) is 28.6 Å². The van der Waals surface area contributed by atoms with Crippen LogP contribution >= 0.6 is 0 Å². The fourth-order valence-corrected chi connectivity index (χ4v) is 9.25. The second-order valence-corrected chi connectivity index (χ2v) is 37.3. The molecule has 21 nitrogen and oxygen atoms in total. The molecule has 2 aromatic heterocycles. The van der Waals surface area contributed by atoms with E-state index in [1.807, 2.05) is 18.2 Å². The monoisotopic (exact) mass is 1170 g/mol. The van der Waals surface area contributed by atoms with Crippen molar-refractivity contribution in [3.05, 3.63) is 71.0 Å². The molecule has 2 saturated heterocycles. The Morgan fingerprint density at radius 1 is 0.769 bits per heavy atom. The van der Waals surface area contributed by atoms with Gasteiger partial charge >= 0.3 is 103 Å². The number of rotatable bonds is 21. The van der Waals surface area contributed by atoms with E-state index < -0.39 is 36.0 Å². The van der Waals surface area contributed by atoms with Crippen molar-refractivity contribution in [1.29, 1.82) is 10.5 Å². The summed E-state index contributed by atoms with van der Waals surface area (Å²) in [6.07, 6.45) is 10.0. The second-order valence-electron chi connectivity index (χ2n) is 21.3. The number of terminal acetylenes is 1. The van der Waals surface area contributed by atoms with Gasteiger partial charge in [0.2, 0.25) is 0 Å². The number of carbonyl (C=O) groups is 3. The smallest absolute Gasteiger partial charge is 1.00 e. The van der Waals surface area contributed by atoms with E-state index in [-0.39, 0.29) is 165 Å². The number of benzene rings is 2. The first-order valence-electron chi connectivity index (χ1n) is 24.7. The molecule has 2 aliphatic heterocycles. The number of hydrogen-bond acceptors (Lipinski definition) is 17. The van der Waals surface area contributed by atoms with Crippen LogP contribution in [0.5, 0.6) is 11.5 Å². The molecule has 4 heterocycles. The number of carbonyl (C=O) groups excluding carboxylic acids is 3. The minimum absolute atomic E-state index is 0. The van der Waals surface area contributed by atoms with E-state index in [2.05, 4.69) is 114 Å². The molecule has 26 heteroatoms. The summed E-state index contributed by atoms with van der Waals surface area (Å²) in [5.41, 5.74) is 17.6. The van der Waals surface area contributed by atoms with Gasteiger partial charge in [-0.25, -0.2) is 0 Å². The Bertz CT molecular complexity index is 2790. The summed E-state index contributed by atoms with van der Waals surface area (Å²) in [4.78, 5) is 35.5. The summed E-state index contributed by atoms with van der Waals surface area (Å²) in [6, 6.07) is 16.9. The number of nitriles is 2. The summed E-state index contributed by atoms with van der Waals surface area (Å²) in [5, 5.41) is 42.8. The molecule has 410 valence electrons. The average molecular weight is 1180 g/mol. The topological polar surface area (TPSA) is 298 Å². The van der Waals surface area contributed by atoms with Crippen LogP contribution in [0.2, 0.25) is 71.0 Å². The molecule has 0 saturated carbocycles. The first kappa shape index (κ1) is 70.4. The zero-order valence-electron chi connectivity index (χ0n) is 47.9. The molecule has 2 amide bonds. The molecule has 2 unspecified atom stereocenters. The second kappa shape index (κ2) is 34.6. The summed E-state index contributed by atoms with van der Waals surface area (Å²) < 4.78 is 37.2. The molecule has 2 fully saturated rings. The molecule has 0 bridgehead atoms. The van der Waals surface area contributed by atoms with Gasteiger partial charge in [0, 0.05) is 66.3 Å². The molecule has 2 aliphatic rings. The number of ether oxygens (including phenoxy) is 6. The molecular formula is C52H72K2N10O11Si3. The molecule has 4 atom stereocenters. The van der Waals surface area contributed by atoms with Crippen molar-refractivity contribution in [2.45, 2.75) is 95.9 Å². The summed E-state index contributed by atoms with van der Waals surface area (Å²) in [5.74, 6) is 5.87. The third-order valence-electron chi connectivity index (χ3n) is 11.5. The van der Waals surface area contributed by atoms with Crippen LogP contribution in [0.4, 0.5) is 23.0 Å². The Morgan fingerprint density at radius 3 is 1.54 bits per heavy atom. The van der Waals surface area contributed by atoms with Crippen molar-refractivity contribution < 1.29 is 157 Å². The van der Waals surface area contributed by atoms with Crippen LogP contribution in [0.1, 0.15) is 58.2 Å². The largest absolute Gasteiger partial charge is 1.00 e. The van der Waals surface area contributed by atoms with Gasteiger partial charge in [0.15, 0.2) is 25.2 Å². The van der Waals surface area contributed by atoms with Crippen LogP contribution < -0.4 is 140 Å². The molecule has 78 heavy (non-hydrogen) atoms. The summed E-state index contributed by atoms with van der Waals surface area (Å²) in [6.45, 7) is 23.5. The summed E-state index contributed by atoms with van der Waals surface area (Å²) in [7, 11) is -3.98. The molecule has 2 aromatic carbocycles. The number of primary amides is 2. The fraction of sp³-hybridized carbons (Fsp3) is 0.481. The van der Waals surface area contributed by atoms with Crippen molar-refractivity contribution in [3.8, 4) is 47.4 Å².